The van der Waals surface area contributed by atoms with E-state index in [0.29, 0.717) is 0 Å². The highest BCUT2D eigenvalue weighted by molar-refractivity contribution is 5.78. The molecule has 0 bridgehead atoms. The lowest BCUT2D eigenvalue weighted by atomic mass is 9.97. The van der Waals surface area contributed by atoms with Crippen molar-refractivity contribution in [3.8, 4) is 0 Å². The monoisotopic (exact) mass is 346 g/mol. The summed E-state index contributed by atoms with van der Waals surface area (Å²) in [7, 11) is 0. The van der Waals surface area contributed by atoms with Gasteiger partial charge in [-0.1, -0.05) is 0 Å². The van der Waals surface area contributed by atoms with Crippen LogP contribution in [0.15, 0.2) is 0 Å². The first-order chi connectivity index (χ1) is 9.04. The van der Waals surface area contributed by atoms with E-state index in [1.165, 1.54) is 4.94 Å². The Morgan fingerprint density at radius 2 is 1.19 bits per heavy atom. The van der Waals surface area contributed by atoms with Gasteiger partial charge in [0.1, 0.15) is 0 Å². The molecule has 0 saturated carbocycles. The third-order valence-electron chi connectivity index (χ3n) is 2.00. The van der Waals surface area contributed by atoms with Crippen molar-refractivity contribution in [3.63, 3.8) is 0 Å². The molecule has 0 heterocycles. The summed E-state index contributed by atoms with van der Waals surface area (Å²) in [6.07, 6.45) is -7.33. The van der Waals surface area contributed by atoms with E-state index in [1.807, 2.05) is 4.89 Å². The molecule has 21 heavy (non-hydrogen) atoms. The third-order valence-corrected chi connectivity index (χ3v) is 2.00. The average molecular weight is 346 g/mol. The molecule has 15 heteroatoms. The van der Waals surface area contributed by atoms with Crippen molar-refractivity contribution in [2.45, 2.75) is 29.8 Å². The Labute approximate surface area is 105 Å². The van der Waals surface area contributed by atoms with Crippen molar-refractivity contribution in [1.82, 2.24) is 0 Å². The van der Waals surface area contributed by atoms with Crippen LogP contribution in [0.1, 0.15) is 0 Å². The fraction of sp³-hybridized carbons (Fsp3) is 0.833. The zero-order valence-corrected chi connectivity index (χ0v) is 8.83. The zero-order chi connectivity index (χ0) is 17.5. The smallest absolute Gasteiger partial charge is 0.294 e. The minimum absolute atomic E-state index is 1.21. The summed E-state index contributed by atoms with van der Waals surface area (Å²) >= 11 is 0. The van der Waals surface area contributed by atoms with Gasteiger partial charge in [-0.3, -0.25) is 4.89 Å². The average Bonchev–Trinajstić information content (AvgIpc) is 2.34. The first kappa shape index (κ1) is 19.6. The minimum atomic E-state index is -7.63. The van der Waals surface area contributed by atoms with Crippen LogP contribution in [0.25, 0.3) is 0 Å². The van der Waals surface area contributed by atoms with Crippen molar-refractivity contribution in [1.29, 1.82) is 0 Å². The lowest BCUT2D eigenvalue weighted by Crippen LogP contribution is -2.70. The second-order valence-corrected chi connectivity index (χ2v) is 3.27. The van der Waals surface area contributed by atoms with Gasteiger partial charge in [0.05, 0.1) is 0 Å². The summed E-state index contributed by atoms with van der Waals surface area (Å²) in [4.78, 5) is 13.3. The Kier molecular flexibility index (Phi) is 4.78. The van der Waals surface area contributed by atoms with E-state index < -0.39 is 35.8 Å². The standard InChI is InChI=1S/C6HF11O4/c7-2(8,1(18)20-19)5(13,21-17)3(9,10)4(11,12)6(14,15)16/h19H. The maximum atomic E-state index is 13.1. The van der Waals surface area contributed by atoms with Crippen LogP contribution in [0.3, 0.4) is 0 Å². The molecule has 1 N–H and O–H groups in total. The number of rotatable bonds is 5. The van der Waals surface area contributed by atoms with Gasteiger partial charge >= 0.3 is 35.8 Å². The van der Waals surface area contributed by atoms with Crippen LogP contribution in [-0.4, -0.2) is 41.0 Å². The lowest BCUT2D eigenvalue weighted by molar-refractivity contribution is -0.478. The van der Waals surface area contributed by atoms with Crippen LogP contribution >= 0.6 is 0 Å². The maximum absolute atomic E-state index is 13.1. The number of hydrogen-bond donors (Lipinski definition) is 1. The number of carbonyl (C=O) groups is 1. The normalized spacial score (nSPS) is 17.3. The number of carbonyl (C=O) groups excluding carboxylic acids is 1. The molecule has 0 aliphatic heterocycles. The third kappa shape index (κ3) is 2.47. The predicted octanol–water partition coefficient (Wildman–Crippen LogP) is 3.04. The molecule has 126 valence electrons. The Morgan fingerprint density at radius 3 is 1.43 bits per heavy atom. The molecule has 0 amide bonds. The van der Waals surface area contributed by atoms with Crippen molar-refractivity contribution < 1.29 is 68.3 Å². The van der Waals surface area contributed by atoms with Gasteiger partial charge in [-0.2, -0.15) is 49.2 Å². The van der Waals surface area contributed by atoms with Gasteiger partial charge in [0, 0.05) is 0 Å². The molecule has 0 radical (unpaired) electrons. The molecule has 0 saturated heterocycles. The first-order valence-electron chi connectivity index (χ1n) is 4.09. The van der Waals surface area contributed by atoms with E-state index in [4.69, 9.17) is 5.26 Å². The Morgan fingerprint density at radius 1 is 0.810 bits per heavy atom. The summed E-state index contributed by atoms with van der Waals surface area (Å²) in [6, 6.07) is 0. The van der Waals surface area contributed by atoms with Crippen LogP contribution in [0.5, 0.6) is 0 Å². The second-order valence-electron chi connectivity index (χ2n) is 3.27. The molecule has 0 rings (SSSR count). The van der Waals surface area contributed by atoms with Gasteiger partial charge in [-0.05, 0) is 4.53 Å². The van der Waals surface area contributed by atoms with E-state index in [2.05, 4.69) is 0 Å². The van der Waals surface area contributed by atoms with Crippen molar-refractivity contribution in [2.75, 3.05) is 0 Å². The largest absolute Gasteiger partial charge is 0.460 e. The van der Waals surface area contributed by atoms with E-state index in [9.17, 15) is 53.2 Å². The minimum Gasteiger partial charge on any atom is -0.294 e. The number of alkyl halides is 10. The number of hydrogen-bond acceptors (Lipinski definition) is 4. The molecule has 0 aliphatic carbocycles. The Hall–Kier alpha value is -1.38. The van der Waals surface area contributed by atoms with Crippen molar-refractivity contribution in [2.24, 2.45) is 0 Å². The molecule has 1 unspecified atom stereocenters. The predicted molar refractivity (Wildman–Crippen MR) is 35.6 cm³/mol. The van der Waals surface area contributed by atoms with Gasteiger partial charge in [-0.25, -0.2) is 4.79 Å². The molecular weight excluding hydrogens is 345 g/mol. The fourth-order valence-electron chi connectivity index (χ4n) is 0.863. The number of halogens is 11. The zero-order valence-electron chi connectivity index (χ0n) is 8.83. The van der Waals surface area contributed by atoms with Gasteiger partial charge < -0.3 is 0 Å². The summed E-state index contributed by atoms with van der Waals surface area (Å²) in [6.45, 7) is 0. The lowest BCUT2D eigenvalue weighted by Gasteiger charge is -2.37. The molecule has 0 spiro atoms. The molecule has 0 aromatic heterocycles. The van der Waals surface area contributed by atoms with Gasteiger partial charge in [0.2, 0.25) is 0 Å². The molecule has 1 atom stereocenters. The first-order valence-corrected chi connectivity index (χ1v) is 4.09. The van der Waals surface area contributed by atoms with E-state index in [1.54, 1.807) is 0 Å². The quantitative estimate of drug-likeness (QED) is 0.472. The van der Waals surface area contributed by atoms with Crippen LogP contribution in [0, 0.1) is 0 Å². The molecular formula is C6HF11O4. The maximum Gasteiger partial charge on any atom is 0.460 e. The van der Waals surface area contributed by atoms with Gasteiger partial charge in [0.25, 0.3) is 0 Å². The van der Waals surface area contributed by atoms with E-state index in [-0.39, 0.29) is 0 Å². The van der Waals surface area contributed by atoms with E-state index in [0.717, 1.165) is 0 Å². The second kappa shape index (κ2) is 5.11. The highest BCUT2D eigenvalue weighted by atomic mass is 19.4. The van der Waals surface area contributed by atoms with Crippen LogP contribution in [0.2, 0.25) is 0 Å². The highest BCUT2D eigenvalue weighted by Crippen LogP contribution is 2.57. The van der Waals surface area contributed by atoms with Crippen LogP contribution in [0.4, 0.5) is 48.4 Å². The molecule has 0 aromatic rings. The summed E-state index contributed by atoms with van der Waals surface area (Å²) in [5.74, 6) is -33.0. The molecule has 0 aliphatic rings. The summed E-state index contributed by atoms with van der Waals surface area (Å²) in [5.41, 5.74) is 0. The molecule has 0 fully saturated rings. The molecule has 0 aromatic carbocycles. The van der Waals surface area contributed by atoms with Gasteiger partial charge in [-0.15, -0.1) is 4.94 Å². The topological polar surface area (TPSA) is 55.8 Å². The SMILES string of the molecule is O=C(OO)C(F)(F)C(F)(OF)C(F)(F)C(F)(F)C(F)(F)F. The molecule has 4 nitrogen and oxygen atoms in total. The van der Waals surface area contributed by atoms with E-state index >= 15 is 0 Å². The highest BCUT2D eigenvalue weighted by Gasteiger charge is 2.89. The van der Waals surface area contributed by atoms with Gasteiger partial charge in [0.15, 0.2) is 0 Å². The summed E-state index contributed by atoms with van der Waals surface area (Å²) < 4.78 is 135. The van der Waals surface area contributed by atoms with Crippen molar-refractivity contribution in [3.05, 3.63) is 0 Å². The fourth-order valence-corrected chi connectivity index (χ4v) is 0.863. The summed E-state index contributed by atoms with van der Waals surface area (Å²) in [5, 5.41) is 7.43. The Balaban J connectivity index is 6.22. The van der Waals surface area contributed by atoms with Crippen molar-refractivity contribution >= 4 is 5.97 Å². The Bertz CT molecular complexity index is 404. The van der Waals surface area contributed by atoms with Crippen LogP contribution in [-0.2, 0) is 14.6 Å². The van der Waals surface area contributed by atoms with Crippen LogP contribution < -0.4 is 0 Å².